The van der Waals surface area contributed by atoms with Crippen LogP contribution in [0.15, 0.2) is 35.3 Å². The fraction of sp³-hybridized carbons (Fsp3) is 0.400. The average Bonchev–Trinajstić information content (AvgIpc) is 2.63. The van der Waals surface area contributed by atoms with Gasteiger partial charge in [0.25, 0.3) is 0 Å². The summed E-state index contributed by atoms with van der Waals surface area (Å²) >= 11 is 1.80. The highest BCUT2D eigenvalue weighted by molar-refractivity contribution is 8.03. The van der Waals surface area contributed by atoms with Crippen LogP contribution in [0.25, 0.3) is 0 Å². The number of allylic oxidation sites excluding steroid dienone is 3. The molecule has 0 fully saturated rings. The second kappa shape index (κ2) is 3.70. The Kier molecular flexibility index (Phi) is 2.58. The van der Waals surface area contributed by atoms with Crippen molar-refractivity contribution in [3.05, 3.63) is 35.3 Å². The van der Waals surface area contributed by atoms with Crippen LogP contribution < -0.4 is 5.73 Å². The minimum atomic E-state index is -0.485. The molecule has 0 radical (unpaired) electrons. The van der Waals surface area contributed by atoms with Crippen molar-refractivity contribution < 1.29 is 5.11 Å². The first kappa shape index (κ1) is 9.06. The standard InChI is InChI=1S/C10H13NOS/c11-6-9(12)7-2-1-3-10-8(7)4-5-13-10/h1-5,8-10,12H,6,11H2. The molecule has 3 atom stereocenters. The van der Waals surface area contributed by atoms with Gasteiger partial charge in [0.2, 0.25) is 0 Å². The Morgan fingerprint density at radius 1 is 1.54 bits per heavy atom. The molecule has 13 heavy (non-hydrogen) atoms. The van der Waals surface area contributed by atoms with E-state index in [9.17, 15) is 5.11 Å². The highest BCUT2D eigenvalue weighted by atomic mass is 32.2. The van der Waals surface area contributed by atoms with Gasteiger partial charge in [-0.15, -0.1) is 11.8 Å². The third-order valence-corrected chi connectivity index (χ3v) is 3.54. The molecule has 0 bridgehead atoms. The molecule has 0 amide bonds. The summed E-state index contributed by atoms with van der Waals surface area (Å²) < 4.78 is 0. The summed E-state index contributed by atoms with van der Waals surface area (Å²) in [6.07, 6.45) is 7.82. The summed E-state index contributed by atoms with van der Waals surface area (Å²) in [4.78, 5) is 0. The van der Waals surface area contributed by atoms with Crippen LogP contribution in [0.4, 0.5) is 0 Å². The van der Waals surface area contributed by atoms with Crippen LogP contribution in [-0.2, 0) is 0 Å². The average molecular weight is 195 g/mol. The Morgan fingerprint density at radius 3 is 3.15 bits per heavy atom. The zero-order valence-electron chi connectivity index (χ0n) is 7.26. The Morgan fingerprint density at radius 2 is 2.38 bits per heavy atom. The summed E-state index contributed by atoms with van der Waals surface area (Å²) in [5.41, 5.74) is 6.49. The van der Waals surface area contributed by atoms with Gasteiger partial charge in [0.15, 0.2) is 0 Å². The van der Waals surface area contributed by atoms with Crippen LogP contribution in [0, 0.1) is 5.92 Å². The van der Waals surface area contributed by atoms with Gasteiger partial charge in [0, 0.05) is 17.7 Å². The molecule has 3 unspecified atom stereocenters. The lowest BCUT2D eigenvalue weighted by atomic mass is 9.88. The number of fused-ring (bicyclic) bond motifs is 1. The molecule has 70 valence electrons. The molecule has 0 aromatic rings. The smallest absolute Gasteiger partial charge is 0.0881 e. The van der Waals surface area contributed by atoms with Crippen molar-refractivity contribution in [1.82, 2.24) is 0 Å². The number of aliphatic hydroxyl groups is 1. The van der Waals surface area contributed by atoms with Gasteiger partial charge in [0.1, 0.15) is 0 Å². The number of aliphatic hydroxyl groups excluding tert-OH is 1. The van der Waals surface area contributed by atoms with Gasteiger partial charge in [-0.05, 0) is 11.0 Å². The first-order valence-corrected chi connectivity index (χ1v) is 5.35. The van der Waals surface area contributed by atoms with E-state index in [1.807, 2.05) is 12.2 Å². The zero-order valence-corrected chi connectivity index (χ0v) is 8.08. The van der Waals surface area contributed by atoms with E-state index in [0.717, 1.165) is 5.57 Å². The second-order valence-corrected chi connectivity index (χ2v) is 4.35. The predicted octanol–water partition coefficient (Wildman–Crippen LogP) is 1.05. The highest BCUT2D eigenvalue weighted by Crippen LogP contribution is 2.38. The SMILES string of the molecule is NCC(O)C1=CC=CC2SC=CC12. The summed E-state index contributed by atoms with van der Waals surface area (Å²) in [5, 5.41) is 12.2. The number of hydrogen-bond donors (Lipinski definition) is 2. The maximum Gasteiger partial charge on any atom is 0.0881 e. The molecule has 1 heterocycles. The molecule has 0 saturated carbocycles. The molecule has 0 saturated heterocycles. The van der Waals surface area contributed by atoms with Gasteiger partial charge < -0.3 is 10.8 Å². The lowest BCUT2D eigenvalue weighted by Crippen LogP contribution is -2.29. The number of rotatable bonds is 2. The maximum atomic E-state index is 9.66. The second-order valence-electron chi connectivity index (χ2n) is 3.26. The summed E-state index contributed by atoms with van der Waals surface area (Å²) in [6, 6.07) is 0. The fourth-order valence-corrected chi connectivity index (χ4v) is 2.78. The molecule has 2 rings (SSSR count). The van der Waals surface area contributed by atoms with Crippen molar-refractivity contribution in [2.24, 2.45) is 11.7 Å². The van der Waals surface area contributed by atoms with Crippen molar-refractivity contribution in [2.45, 2.75) is 11.4 Å². The van der Waals surface area contributed by atoms with Gasteiger partial charge in [-0.25, -0.2) is 0 Å². The van der Waals surface area contributed by atoms with Crippen molar-refractivity contribution in [1.29, 1.82) is 0 Å². The Bertz CT molecular complexity index is 283. The van der Waals surface area contributed by atoms with Gasteiger partial charge in [-0.1, -0.05) is 24.3 Å². The first-order valence-electron chi connectivity index (χ1n) is 4.41. The molecule has 3 heteroatoms. The molecular weight excluding hydrogens is 182 g/mol. The molecular formula is C10H13NOS. The van der Waals surface area contributed by atoms with Gasteiger partial charge in [-0.2, -0.15) is 0 Å². The van der Waals surface area contributed by atoms with E-state index in [-0.39, 0.29) is 0 Å². The molecule has 0 spiro atoms. The molecule has 3 N–H and O–H groups in total. The van der Waals surface area contributed by atoms with E-state index in [1.54, 1.807) is 11.8 Å². The van der Waals surface area contributed by atoms with E-state index in [2.05, 4.69) is 17.6 Å². The van der Waals surface area contributed by atoms with Gasteiger partial charge in [0.05, 0.1) is 6.10 Å². The molecule has 0 aromatic heterocycles. The van der Waals surface area contributed by atoms with Crippen LogP contribution >= 0.6 is 11.8 Å². The largest absolute Gasteiger partial charge is 0.387 e. The van der Waals surface area contributed by atoms with E-state index in [0.29, 0.717) is 17.7 Å². The molecule has 2 aliphatic rings. The third kappa shape index (κ3) is 1.59. The van der Waals surface area contributed by atoms with E-state index >= 15 is 0 Å². The first-order chi connectivity index (χ1) is 6.33. The Labute approximate surface area is 82.2 Å². The minimum Gasteiger partial charge on any atom is -0.387 e. The van der Waals surface area contributed by atoms with Crippen LogP contribution in [0.2, 0.25) is 0 Å². The van der Waals surface area contributed by atoms with Crippen LogP contribution in [-0.4, -0.2) is 23.0 Å². The summed E-state index contributed by atoms with van der Waals surface area (Å²) in [6.45, 7) is 0.307. The molecule has 1 aliphatic carbocycles. The number of hydrogen-bond acceptors (Lipinski definition) is 3. The number of nitrogens with two attached hydrogens (primary N) is 1. The predicted molar refractivity (Wildman–Crippen MR) is 56.3 cm³/mol. The molecule has 0 aromatic carbocycles. The van der Waals surface area contributed by atoms with E-state index in [4.69, 9.17) is 5.73 Å². The monoisotopic (exact) mass is 195 g/mol. The maximum absolute atomic E-state index is 9.66. The fourth-order valence-electron chi connectivity index (χ4n) is 1.74. The summed E-state index contributed by atoms with van der Waals surface area (Å²) in [5.74, 6) is 0.355. The Balaban J connectivity index is 2.21. The normalized spacial score (nSPS) is 32.9. The minimum absolute atomic E-state index is 0.307. The molecule has 1 aliphatic heterocycles. The van der Waals surface area contributed by atoms with E-state index < -0.39 is 6.10 Å². The highest BCUT2D eigenvalue weighted by Gasteiger charge is 2.29. The van der Waals surface area contributed by atoms with Crippen molar-refractivity contribution in [3.8, 4) is 0 Å². The topological polar surface area (TPSA) is 46.2 Å². The van der Waals surface area contributed by atoms with E-state index in [1.165, 1.54) is 0 Å². The summed E-state index contributed by atoms with van der Waals surface area (Å²) in [7, 11) is 0. The lowest BCUT2D eigenvalue weighted by molar-refractivity contribution is 0.209. The van der Waals surface area contributed by atoms with Gasteiger partial charge >= 0.3 is 0 Å². The quantitative estimate of drug-likeness (QED) is 0.692. The van der Waals surface area contributed by atoms with Crippen LogP contribution in [0.1, 0.15) is 0 Å². The van der Waals surface area contributed by atoms with Crippen molar-refractivity contribution in [2.75, 3.05) is 6.54 Å². The lowest BCUT2D eigenvalue weighted by Gasteiger charge is -2.24. The number of thioether (sulfide) groups is 1. The third-order valence-electron chi connectivity index (χ3n) is 2.46. The van der Waals surface area contributed by atoms with Crippen molar-refractivity contribution in [3.63, 3.8) is 0 Å². The zero-order chi connectivity index (χ0) is 9.26. The molecule has 2 nitrogen and oxygen atoms in total. The van der Waals surface area contributed by atoms with Crippen molar-refractivity contribution >= 4 is 11.8 Å². The Hall–Kier alpha value is -0.510. The van der Waals surface area contributed by atoms with Gasteiger partial charge in [-0.3, -0.25) is 0 Å². The van der Waals surface area contributed by atoms with Crippen LogP contribution in [0.3, 0.4) is 0 Å². The van der Waals surface area contributed by atoms with Crippen LogP contribution in [0.5, 0.6) is 0 Å².